The highest BCUT2D eigenvalue weighted by molar-refractivity contribution is 6.30. The van der Waals surface area contributed by atoms with Crippen LogP contribution in [0.5, 0.6) is 0 Å². The van der Waals surface area contributed by atoms with Crippen LogP contribution in [0.3, 0.4) is 0 Å². The largest absolute Gasteiger partial charge is 0.480 e. The van der Waals surface area contributed by atoms with E-state index in [2.05, 4.69) is 0 Å². The van der Waals surface area contributed by atoms with Gasteiger partial charge in [0.25, 0.3) is 0 Å². The molecule has 2 atom stereocenters. The molecule has 0 bridgehead atoms. The Kier molecular flexibility index (Phi) is 4.42. The molecule has 0 radical (unpaired) electrons. The van der Waals surface area contributed by atoms with E-state index in [0.717, 1.165) is 10.5 Å². The van der Waals surface area contributed by atoms with Gasteiger partial charge in [-0.2, -0.15) is 0 Å². The Balaban J connectivity index is 2.09. The van der Waals surface area contributed by atoms with Crippen molar-refractivity contribution in [3.63, 3.8) is 0 Å². The van der Waals surface area contributed by atoms with Crippen LogP contribution in [0, 0.1) is 0 Å². The van der Waals surface area contributed by atoms with Gasteiger partial charge in [0.15, 0.2) is 0 Å². The van der Waals surface area contributed by atoms with E-state index in [1.165, 1.54) is 6.08 Å². The molecule has 2 N–H and O–H groups in total. The van der Waals surface area contributed by atoms with Gasteiger partial charge >= 0.3 is 5.97 Å². The highest BCUT2D eigenvalue weighted by Gasteiger charge is 2.37. The third kappa shape index (κ3) is 3.37. The molecule has 1 aliphatic heterocycles. The Morgan fingerprint density at radius 3 is 2.80 bits per heavy atom. The number of carbonyl (C=O) groups excluding carboxylic acids is 1. The molecular formula is C14H14ClNO4. The number of benzene rings is 1. The highest BCUT2D eigenvalue weighted by atomic mass is 35.5. The fourth-order valence-electron chi connectivity index (χ4n) is 2.16. The minimum atomic E-state index is -1.11. The molecule has 6 heteroatoms. The van der Waals surface area contributed by atoms with Gasteiger partial charge in [0.1, 0.15) is 6.04 Å². The van der Waals surface area contributed by atoms with E-state index in [0.29, 0.717) is 5.02 Å². The van der Waals surface area contributed by atoms with Gasteiger partial charge in [-0.1, -0.05) is 23.7 Å². The third-order valence-electron chi connectivity index (χ3n) is 3.11. The Morgan fingerprint density at radius 2 is 2.15 bits per heavy atom. The van der Waals surface area contributed by atoms with Gasteiger partial charge in [0.05, 0.1) is 6.10 Å². The smallest absolute Gasteiger partial charge is 0.326 e. The SMILES string of the molecule is O=C(O)[C@@H]1C[C@H](O)CN1C(=O)C=Cc1cccc(Cl)c1. The Morgan fingerprint density at radius 1 is 1.40 bits per heavy atom. The molecular weight excluding hydrogens is 282 g/mol. The predicted molar refractivity (Wildman–Crippen MR) is 74.2 cm³/mol. The second-order valence-corrected chi connectivity index (χ2v) is 5.06. The first-order valence-electron chi connectivity index (χ1n) is 6.12. The van der Waals surface area contributed by atoms with Gasteiger partial charge in [0, 0.05) is 24.1 Å². The molecule has 0 saturated carbocycles. The van der Waals surface area contributed by atoms with E-state index in [1.54, 1.807) is 30.3 Å². The first kappa shape index (κ1) is 14.6. The summed E-state index contributed by atoms with van der Waals surface area (Å²) in [4.78, 5) is 24.2. The van der Waals surface area contributed by atoms with E-state index in [-0.39, 0.29) is 13.0 Å². The normalized spacial score (nSPS) is 22.4. The first-order valence-corrected chi connectivity index (χ1v) is 6.50. The van der Waals surface area contributed by atoms with Crippen molar-refractivity contribution in [1.29, 1.82) is 0 Å². The van der Waals surface area contributed by atoms with Gasteiger partial charge in [-0.15, -0.1) is 0 Å². The molecule has 20 heavy (non-hydrogen) atoms. The number of carbonyl (C=O) groups is 2. The number of β-amino-alcohol motifs (C(OH)–C–C–N with tert-alkyl or cyclic N) is 1. The van der Waals surface area contributed by atoms with Crippen molar-refractivity contribution >= 4 is 29.6 Å². The number of hydrogen-bond acceptors (Lipinski definition) is 3. The Hall–Kier alpha value is -1.85. The van der Waals surface area contributed by atoms with Crippen LogP contribution in [0.2, 0.25) is 5.02 Å². The van der Waals surface area contributed by atoms with Crippen LogP contribution in [-0.2, 0) is 9.59 Å². The zero-order valence-electron chi connectivity index (χ0n) is 10.6. The molecule has 1 aliphatic rings. The quantitative estimate of drug-likeness (QED) is 0.826. The summed E-state index contributed by atoms with van der Waals surface area (Å²) in [5.41, 5.74) is 0.748. The molecule has 0 aromatic heterocycles. The number of aliphatic hydroxyl groups excluding tert-OH is 1. The number of rotatable bonds is 3. The second-order valence-electron chi connectivity index (χ2n) is 4.62. The summed E-state index contributed by atoms with van der Waals surface area (Å²) in [5.74, 6) is -1.54. The van der Waals surface area contributed by atoms with Crippen LogP contribution in [0.25, 0.3) is 6.08 Å². The highest BCUT2D eigenvalue weighted by Crippen LogP contribution is 2.19. The molecule has 106 valence electrons. The molecule has 0 spiro atoms. The summed E-state index contributed by atoms with van der Waals surface area (Å²) in [6.45, 7) is 0.0374. The van der Waals surface area contributed by atoms with Crippen LogP contribution in [0.4, 0.5) is 0 Å². The maximum atomic E-state index is 12.0. The second kappa shape index (κ2) is 6.07. The Bertz CT molecular complexity index is 558. The van der Waals surface area contributed by atoms with Gasteiger partial charge in [-0.05, 0) is 23.8 Å². The summed E-state index contributed by atoms with van der Waals surface area (Å²) < 4.78 is 0. The fourth-order valence-corrected chi connectivity index (χ4v) is 2.36. The zero-order valence-corrected chi connectivity index (χ0v) is 11.3. The lowest BCUT2D eigenvalue weighted by atomic mass is 10.2. The van der Waals surface area contributed by atoms with Crippen LogP contribution in [0.15, 0.2) is 30.3 Å². The molecule has 0 unspecified atom stereocenters. The lowest BCUT2D eigenvalue weighted by Crippen LogP contribution is -2.39. The summed E-state index contributed by atoms with van der Waals surface area (Å²) in [6.07, 6.45) is 2.13. The van der Waals surface area contributed by atoms with Crippen LogP contribution in [0.1, 0.15) is 12.0 Å². The van der Waals surface area contributed by atoms with Gasteiger partial charge in [-0.3, -0.25) is 4.79 Å². The number of likely N-dealkylation sites (tertiary alicyclic amines) is 1. The fraction of sp³-hybridized carbons (Fsp3) is 0.286. The van der Waals surface area contributed by atoms with Crippen molar-refractivity contribution in [1.82, 2.24) is 4.90 Å². The first-order chi connectivity index (χ1) is 9.47. The summed E-state index contributed by atoms with van der Waals surface area (Å²) in [7, 11) is 0. The molecule has 1 amide bonds. The maximum Gasteiger partial charge on any atom is 0.326 e. The monoisotopic (exact) mass is 295 g/mol. The standard InChI is InChI=1S/C14H14ClNO4/c15-10-3-1-2-9(6-10)4-5-13(18)16-8-11(17)7-12(16)14(19)20/h1-6,11-12,17H,7-8H2,(H,19,20)/t11-,12-/m0/s1. The lowest BCUT2D eigenvalue weighted by molar-refractivity contribution is -0.146. The third-order valence-corrected chi connectivity index (χ3v) is 3.35. The van der Waals surface area contributed by atoms with Gasteiger partial charge in [-0.25, -0.2) is 4.79 Å². The van der Waals surface area contributed by atoms with Crippen molar-refractivity contribution in [2.75, 3.05) is 6.54 Å². The Labute approximate surface area is 121 Å². The number of carboxylic acids is 1. The molecule has 5 nitrogen and oxygen atoms in total. The minimum Gasteiger partial charge on any atom is -0.480 e. The number of carboxylic acid groups (broad SMARTS) is 1. The van der Waals surface area contributed by atoms with Gasteiger partial charge in [0.2, 0.25) is 5.91 Å². The molecule has 1 aromatic carbocycles. The number of aliphatic hydroxyl groups is 1. The van der Waals surface area contributed by atoms with Crippen molar-refractivity contribution in [3.8, 4) is 0 Å². The molecule has 1 heterocycles. The maximum absolute atomic E-state index is 12.0. The van der Waals surface area contributed by atoms with E-state index in [1.807, 2.05) is 0 Å². The van der Waals surface area contributed by atoms with Gasteiger partial charge < -0.3 is 15.1 Å². The number of hydrogen-bond donors (Lipinski definition) is 2. The van der Waals surface area contributed by atoms with E-state index in [4.69, 9.17) is 16.7 Å². The molecule has 1 fully saturated rings. The molecule has 1 saturated heterocycles. The van der Waals surface area contributed by atoms with Crippen molar-refractivity contribution in [2.24, 2.45) is 0 Å². The topological polar surface area (TPSA) is 77.8 Å². The lowest BCUT2D eigenvalue weighted by Gasteiger charge is -2.19. The van der Waals surface area contributed by atoms with E-state index >= 15 is 0 Å². The van der Waals surface area contributed by atoms with E-state index < -0.39 is 24.0 Å². The number of aliphatic carboxylic acids is 1. The average Bonchev–Trinajstić information content (AvgIpc) is 2.78. The molecule has 0 aliphatic carbocycles. The summed E-state index contributed by atoms with van der Waals surface area (Å²) in [5, 5.41) is 19.1. The van der Waals surface area contributed by atoms with Crippen molar-refractivity contribution in [3.05, 3.63) is 40.9 Å². The van der Waals surface area contributed by atoms with E-state index in [9.17, 15) is 14.7 Å². The predicted octanol–water partition coefficient (Wildman–Crippen LogP) is 1.40. The summed E-state index contributed by atoms with van der Waals surface area (Å²) in [6, 6.07) is 5.98. The molecule has 1 aromatic rings. The summed E-state index contributed by atoms with van der Waals surface area (Å²) >= 11 is 5.83. The van der Waals surface area contributed by atoms with Crippen LogP contribution in [-0.4, -0.2) is 45.7 Å². The number of amides is 1. The van der Waals surface area contributed by atoms with Crippen LogP contribution >= 0.6 is 11.6 Å². The van der Waals surface area contributed by atoms with Crippen LogP contribution < -0.4 is 0 Å². The number of nitrogens with zero attached hydrogens (tertiary/aromatic N) is 1. The zero-order chi connectivity index (χ0) is 14.7. The minimum absolute atomic E-state index is 0.0374. The van der Waals surface area contributed by atoms with Crippen molar-refractivity contribution in [2.45, 2.75) is 18.6 Å². The molecule has 2 rings (SSSR count). The van der Waals surface area contributed by atoms with Crippen molar-refractivity contribution < 1.29 is 19.8 Å². The average molecular weight is 296 g/mol. The number of halogens is 1.